The zero-order valence-corrected chi connectivity index (χ0v) is 14.7. The van der Waals surface area contributed by atoms with E-state index >= 15 is 0 Å². The number of pyridine rings is 1. The summed E-state index contributed by atoms with van der Waals surface area (Å²) in [5.41, 5.74) is 2.03. The zero-order valence-electron chi connectivity index (χ0n) is 14.7. The van der Waals surface area contributed by atoms with Crippen LogP contribution in [0.4, 0.5) is 10.1 Å². The van der Waals surface area contributed by atoms with Crippen LogP contribution in [-0.2, 0) is 4.79 Å². The zero-order chi connectivity index (χ0) is 18.5. The maximum absolute atomic E-state index is 13.2. The van der Waals surface area contributed by atoms with Crippen LogP contribution in [0.1, 0.15) is 41.6 Å². The average molecular weight is 355 g/mol. The van der Waals surface area contributed by atoms with E-state index in [1.54, 1.807) is 18.5 Å². The SMILES string of the molecule is Cc1ccncc1NC(=O)C1CCC(NC(=O)c2cccc(F)c2)CC1. The number of nitrogens with zero attached hydrogens (tertiary/aromatic N) is 1. The van der Waals surface area contributed by atoms with Gasteiger partial charge in [0.15, 0.2) is 0 Å². The maximum atomic E-state index is 13.2. The molecule has 1 aromatic heterocycles. The van der Waals surface area contributed by atoms with Crippen LogP contribution in [0.15, 0.2) is 42.7 Å². The Morgan fingerprint density at radius 2 is 1.92 bits per heavy atom. The highest BCUT2D eigenvalue weighted by Crippen LogP contribution is 2.26. The molecule has 2 N–H and O–H groups in total. The van der Waals surface area contributed by atoms with E-state index in [0.29, 0.717) is 18.4 Å². The minimum atomic E-state index is -0.427. The summed E-state index contributed by atoms with van der Waals surface area (Å²) in [6.07, 6.45) is 6.21. The van der Waals surface area contributed by atoms with Gasteiger partial charge in [-0.05, 0) is 62.4 Å². The highest BCUT2D eigenvalue weighted by molar-refractivity contribution is 5.94. The molecule has 2 aromatic rings. The van der Waals surface area contributed by atoms with E-state index in [1.807, 2.05) is 13.0 Å². The van der Waals surface area contributed by atoms with Gasteiger partial charge in [0.2, 0.25) is 5.91 Å². The topological polar surface area (TPSA) is 71.1 Å². The molecule has 1 aliphatic rings. The van der Waals surface area contributed by atoms with Crippen LogP contribution in [0.3, 0.4) is 0 Å². The van der Waals surface area contributed by atoms with Crippen molar-refractivity contribution >= 4 is 17.5 Å². The summed E-state index contributed by atoms with van der Waals surface area (Å²) in [5.74, 6) is -0.778. The maximum Gasteiger partial charge on any atom is 0.251 e. The molecule has 0 unspecified atom stereocenters. The molecule has 0 spiro atoms. The third-order valence-corrected chi connectivity index (χ3v) is 4.82. The van der Waals surface area contributed by atoms with Gasteiger partial charge in [-0.1, -0.05) is 6.07 Å². The molecule has 0 aliphatic heterocycles. The average Bonchev–Trinajstić information content (AvgIpc) is 2.64. The quantitative estimate of drug-likeness (QED) is 0.882. The van der Waals surface area contributed by atoms with Crippen molar-refractivity contribution in [2.24, 2.45) is 5.92 Å². The molecule has 136 valence electrons. The number of anilines is 1. The number of halogens is 1. The van der Waals surface area contributed by atoms with Crippen LogP contribution in [0.25, 0.3) is 0 Å². The normalized spacial score (nSPS) is 19.6. The second-order valence-electron chi connectivity index (χ2n) is 6.71. The number of aryl methyl sites for hydroxylation is 1. The smallest absolute Gasteiger partial charge is 0.251 e. The number of hydrogen-bond donors (Lipinski definition) is 2. The second kappa shape index (κ2) is 8.08. The Kier molecular flexibility index (Phi) is 5.61. The summed E-state index contributed by atoms with van der Waals surface area (Å²) in [7, 11) is 0. The number of carbonyl (C=O) groups excluding carboxylic acids is 2. The number of carbonyl (C=O) groups is 2. The van der Waals surface area contributed by atoms with E-state index in [2.05, 4.69) is 15.6 Å². The van der Waals surface area contributed by atoms with Crippen LogP contribution in [0.2, 0.25) is 0 Å². The van der Waals surface area contributed by atoms with Gasteiger partial charge in [0, 0.05) is 23.7 Å². The van der Waals surface area contributed by atoms with E-state index in [0.717, 1.165) is 24.1 Å². The van der Waals surface area contributed by atoms with Crippen LogP contribution < -0.4 is 10.6 Å². The Morgan fingerprint density at radius 1 is 1.15 bits per heavy atom. The van der Waals surface area contributed by atoms with Gasteiger partial charge in [0.1, 0.15) is 5.82 Å². The molecule has 0 radical (unpaired) electrons. The van der Waals surface area contributed by atoms with Gasteiger partial charge in [-0.15, -0.1) is 0 Å². The molecule has 2 amide bonds. The molecule has 6 heteroatoms. The molecule has 1 fully saturated rings. The first-order valence-corrected chi connectivity index (χ1v) is 8.81. The van der Waals surface area contributed by atoms with E-state index < -0.39 is 5.82 Å². The Morgan fingerprint density at radius 3 is 2.62 bits per heavy atom. The molecule has 1 aliphatic carbocycles. The molecule has 1 aromatic carbocycles. The largest absolute Gasteiger partial charge is 0.349 e. The first kappa shape index (κ1) is 18.0. The third kappa shape index (κ3) is 4.45. The number of hydrogen-bond acceptors (Lipinski definition) is 3. The fraction of sp³-hybridized carbons (Fsp3) is 0.350. The molecular weight excluding hydrogens is 333 g/mol. The van der Waals surface area contributed by atoms with E-state index in [1.165, 1.54) is 18.2 Å². The Labute approximate surface area is 152 Å². The van der Waals surface area contributed by atoms with Crippen LogP contribution >= 0.6 is 0 Å². The Bertz CT molecular complexity index is 801. The molecule has 1 heterocycles. The van der Waals surface area contributed by atoms with Crippen LogP contribution in [0.5, 0.6) is 0 Å². The third-order valence-electron chi connectivity index (χ3n) is 4.82. The van der Waals surface area contributed by atoms with Crippen LogP contribution in [-0.4, -0.2) is 22.8 Å². The molecule has 0 atom stereocenters. The highest BCUT2D eigenvalue weighted by atomic mass is 19.1. The summed E-state index contributed by atoms with van der Waals surface area (Å²) in [6, 6.07) is 7.51. The summed E-state index contributed by atoms with van der Waals surface area (Å²) < 4.78 is 13.2. The first-order chi connectivity index (χ1) is 12.5. The first-order valence-electron chi connectivity index (χ1n) is 8.81. The summed E-state index contributed by atoms with van der Waals surface area (Å²) in [5, 5.41) is 5.87. The summed E-state index contributed by atoms with van der Waals surface area (Å²) in [6.45, 7) is 1.93. The fourth-order valence-electron chi connectivity index (χ4n) is 3.23. The standard InChI is InChI=1S/C20H22FN3O2/c1-13-9-10-22-12-18(13)24-19(25)14-5-7-17(8-6-14)23-20(26)15-3-2-4-16(21)11-15/h2-4,9-12,14,17H,5-8H2,1H3,(H,23,26)(H,24,25). The summed E-state index contributed by atoms with van der Waals surface area (Å²) in [4.78, 5) is 28.7. The molecule has 0 bridgehead atoms. The van der Waals surface area contributed by atoms with Crippen molar-refractivity contribution in [3.8, 4) is 0 Å². The Hall–Kier alpha value is -2.76. The molecule has 3 rings (SSSR count). The van der Waals surface area contributed by atoms with E-state index in [-0.39, 0.29) is 23.8 Å². The summed E-state index contributed by atoms with van der Waals surface area (Å²) >= 11 is 0. The molecular formula is C20H22FN3O2. The molecule has 26 heavy (non-hydrogen) atoms. The monoisotopic (exact) mass is 355 g/mol. The van der Waals surface area contributed by atoms with Crippen LogP contribution in [0, 0.1) is 18.7 Å². The fourth-order valence-corrected chi connectivity index (χ4v) is 3.23. The molecule has 0 saturated heterocycles. The lowest BCUT2D eigenvalue weighted by Gasteiger charge is -2.28. The van der Waals surface area contributed by atoms with E-state index in [4.69, 9.17) is 0 Å². The van der Waals surface area contributed by atoms with Crippen molar-refractivity contribution in [1.29, 1.82) is 0 Å². The minimum absolute atomic E-state index is 0.00370. The van der Waals surface area contributed by atoms with Gasteiger partial charge in [0.25, 0.3) is 5.91 Å². The second-order valence-corrected chi connectivity index (χ2v) is 6.71. The van der Waals surface area contributed by atoms with Gasteiger partial charge < -0.3 is 10.6 Å². The van der Waals surface area contributed by atoms with E-state index in [9.17, 15) is 14.0 Å². The number of nitrogens with one attached hydrogen (secondary N) is 2. The van der Waals surface area contributed by atoms with Gasteiger partial charge in [-0.3, -0.25) is 14.6 Å². The number of benzene rings is 1. The van der Waals surface area contributed by atoms with Gasteiger partial charge in [-0.25, -0.2) is 4.39 Å². The Balaban J connectivity index is 1.50. The molecule has 5 nitrogen and oxygen atoms in total. The van der Waals surface area contributed by atoms with Crippen molar-refractivity contribution in [1.82, 2.24) is 10.3 Å². The lowest BCUT2D eigenvalue weighted by Crippen LogP contribution is -2.39. The van der Waals surface area contributed by atoms with Gasteiger partial charge in [0.05, 0.1) is 11.9 Å². The van der Waals surface area contributed by atoms with Crippen molar-refractivity contribution in [3.05, 3.63) is 59.7 Å². The lowest BCUT2D eigenvalue weighted by molar-refractivity contribution is -0.120. The number of rotatable bonds is 4. The van der Waals surface area contributed by atoms with Crippen molar-refractivity contribution in [2.75, 3.05) is 5.32 Å². The van der Waals surface area contributed by atoms with Gasteiger partial charge in [-0.2, -0.15) is 0 Å². The van der Waals surface area contributed by atoms with Crippen molar-refractivity contribution in [2.45, 2.75) is 38.6 Å². The van der Waals surface area contributed by atoms with Gasteiger partial charge >= 0.3 is 0 Å². The molecule has 1 saturated carbocycles. The van der Waals surface area contributed by atoms with Crippen molar-refractivity contribution < 1.29 is 14.0 Å². The minimum Gasteiger partial charge on any atom is -0.349 e. The van der Waals surface area contributed by atoms with Crippen molar-refractivity contribution in [3.63, 3.8) is 0 Å². The highest BCUT2D eigenvalue weighted by Gasteiger charge is 2.27. The lowest BCUT2D eigenvalue weighted by atomic mass is 9.85. The predicted octanol–water partition coefficient (Wildman–Crippen LogP) is 3.46. The number of amides is 2. The predicted molar refractivity (Wildman–Crippen MR) is 97.2 cm³/mol. The number of aromatic nitrogens is 1.